The molecule has 0 aromatic carbocycles. The second kappa shape index (κ2) is 6.33. The summed E-state index contributed by atoms with van der Waals surface area (Å²) in [5.41, 5.74) is 5.98. The van der Waals surface area contributed by atoms with Crippen molar-refractivity contribution in [2.24, 2.45) is 17.8 Å². The van der Waals surface area contributed by atoms with Gasteiger partial charge in [-0.05, 0) is 36.7 Å². The van der Waals surface area contributed by atoms with E-state index in [0.29, 0.717) is 23.4 Å². The number of ether oxygens (including phenoxy) is 1. The van der Waals surface area contributed by atoms with Crippen molar-refractivity contribution in [2.45, 2.75) is 46.1 Å². The van der Waals surface area contributed by atoms with Gasteiger partial charge >= 0.3 is 5.97 Å². The zero-order chi connectivity index (χ0) is 15.6. The summed E-state index contributed by atoms with van der Waals surface area (Å²) in [6, 6.07) is 1.40. The monoisotopic (exact) mass is 292 g/mol. The van der Waals surface area contributed by atoms with Crippen LogP contribution in [0.25, 0.3) is 0 Å². The van der Waals surface area contributed by atoms with Crippen LogP contribution in [0.4, 0.5) is 5.69 Å². The normalized spacial score (nSPS) is 25.8. The number of carboxylic acid groups (broad SMARTS) is 1. The van der Waals surface area contributed by atoms with Crippen LogP contribution in [0.2, 0.25) is 0 Å². The molecule has 116 valence electrons. The molecule has 3 atom stereocenters. The van der Waals surface area contributed by atoms with Crippen molar-refractivity contribution in [1.82, 2.24) is 4.98 Å². The lowest BCUT2D eigenvalue weighted by Gasteiger charge is -2.37. The van der Waals surface area contributed by atoms with Gasteiger partial charge < -0.3 is 15.6 Å². The lowest BCUT2D eigenvalue weighted by molar-refractivity contribution is 0.0404. The highest BCUT2D eigenvalue weighted by Gasteiger charge is 2.33. The topological polar surface area (TPSA) is 85.4 Å². The Balaban J connectivity index is 2.24. The third-order valence-corrected chi connectivity index (χ3v) is 4.33. The molecule has 5 nitrogen and oxygen atoms in total. The van der Waals surface area contributed by atoms with Gasteiger partial charge in [-0.3, -0.25) is 0 Å². The molecule has 0 radical (unpaired) electrons. The maximum atomic E-state index is 11.3. The first-order chi connectivity index (χ1) is 9.88. The number of anilines is 1. The molecule has 1 aliphatic rings. The number of rotatable bonds is 4. The Morgan fingerprint density at radius 2 is 2.19 bits per heavy atom. The van der Waals surface area contributed by atoms with Crippen LogP contribution in [0.5, 0.6) is 5.88 Å². The van der Waals surface area contributed by atoms with Gasteiger partial charge in [0.15, 0.2) is 0 Å². The van der Waals surface area contributed by atoms with Crippen LogP contribution >= 0.6 is 0 Å². The first-order valence-corrected chi connectivity index (χ1v) is 7.54. The van der Waals surface area contributed by atoms with Crippen LogP contribution in [0.3, 0.4) is 0 Å². The van der Waals surface area contributed by atoms with E-state index in [9.17, 15) is 9.90 Å². The van der Waals surface area contributed by atoms with E-state index in [4.69, 9.17) is 10.5 Å². The number of nitrogens with zero attached hydrogens (tertiary/aromatic N) is 1. The van der Waals surface area contributed by atoms with Crippen LogP contribution in [0.15, 0.2) is 12.3 Å². The summed E-state index contributed by atoms with van der Waals surface area (Å²) in [7, 11) is 0. The SMILES string of the molecule is CC1CCC(C(C)C)C(Oc2ncc(N)cc2C(=O)O)C1. The Morgan fingerprint density at radius 3 is 2.81 bits per heavy atom. The molecule has 3 unspecified atom stereocenters. The molecule has 1 heterocycles. The first-order valence-electron chi connectivity index (χ1n) is 7.54. The zero-order valence-corrected chi connectivity index (χ0v) is 12.9. The average molecular weight is 292 g/mol. The Kier molecular flexibility index (Phi) is 4.70. The van der Waals surface area contributed by atoms with Gasteiger partial charge in [-0.2, -0.15) is 0 Å². The van der Waals surface area contributed by atoms with E-state index in [2.05, 4.69) is 25.8 Å². The molecule has 0 amide bonds. The van der Waals surface area contributed by atoms with Crippen molar-refractivity contribution < 1.29 is 14.6 Å². The fourth-order valence-electron chi connectivity index (χ4n) is 3.11. The van der Waals surface area contributed by atoms with Gasteiger partial charge in [0.25, 0.3) is 0 Å². The molecule has 1 aliphatic carbocycles. The number of carboxylic acids is 1. The molecule has 0 aliphatic heterocycles. The summed E-state index contributed by atoms with van der Waals surface area (Å²) < 4.78 is 6.00. The summed E-state index contributed by atoms with van der Waals surface area (Å²) in [6.45, 7) is 6.58. The Hall–Kier alpha value is -1.78. The van der Waals surface area contributed by atoms with Gasteiger partial charge in [-0.15, -0.1) is 0 Å². The number of aromatic nitrogens is 1. The molecule has 1 fully saturated rings. The Labute approximate surface area is 125 Å². The Bertz CT molecular complexity index is 516. The summed E-state index contributed by atoms with van der Waals surface area (Å²) in [5, 5.41) is 9.27. The van der Waals surface area contributed by atoms with Gasteiger partial charge in [0.1, 0.15) is 11.7 Å². The molecule has 1 aromatic heterocycles. The molecule has 0 spiro atoms. The fraction of sp³-hybridized carbons (Fsp3) is 0.625. The van der Waals surface area contributed by atoms with E-state index in [1.54, 1.807) is 0 Å². The van der Waals surface area contributed by atoms with E-state index < -0.39 is 5.97 Å². The fourth-order valence-corrected chi connectivity index (χ4v) is 3.11. The van der Waals surface area contributed by atoms with E-state index in [0.717, 1.165) is 12.8 Å². The third-order valence-electron chi connectivity index (χ3n) is 4.33. The molecule has 5 heteroatoms. The lowest BCUT2D eigenvalue weighted by Crippen LogP contribution is -2.37. The molecule has 0 saturated heterocycles. The van der Waals surface area contributed by atoms with E-state index in [1.165, 1.54) is 18.7 Å². The van der Waals surface area contributed by atoms with Crippen LogP contribution in [0.1, 0.15) is 50.4 Å². The first kappa shape index (κ1) is 15.6. The van der Waals surface area contributed by atoms with E-state index in [-0.39, 0.29) is 17.5 Å². The molecular formula is C16H24N2O3. The molecule has 21 heavy (non-hydrogen) atoms. The minimum Gasteiger partial charge on any atom is -0.477 e. The minimum absolute atomic E-state index is 0.0166. The zero-order valence-electron chi connectivity index (χ0n) is 12.9. The second-order valence-corrected chi connectivity index (χ2v) is 6.41. The van der Waals surface area contributed by atoms with Crippen molar-refractivity contribution in [1.29, 1.82) is 0 Å². The van der Waals surface area contributed by atoms with Crippen molar-refractivity contribution in [2.75, 3.05) is 5.73 Å². The summed E-state index contributed by atoms with van der Waals surface area (Å²) in [6.07, 6.45) is 4.71. The largest absolute Gasteiger partial charge is 0.477 e. The quantitative estimate of drug-likeness (QED) is 0.890. The maximum absolute atomic E-state index is 11.3. The highest BCUT2D eigenvalue weighted by Crippen LogP contribution is 2.36. The summed E-state index contributed by atoms with van der Waals surface area (Å²) in [4.78, 5) is 15.4. The molecule has 0 bridgehead atoms. The predicted octanol–water partition coefficient (Wildman–Crippen LogP) is 3.20. The van der Waals surface area contributed by atoms with Gasteiger partial charge in [-0.1, -0.05) is 27.2 Å². The van der Waals surface area contributed by atoms with Crippen molar-refractivity contribution in [3.8, 4) is 5.88 Å². The molecule has 1 saturated carbocycles. The number of carbonyl (C=O) groups is 1. The Morgan fingerprint density at radius 1 is 1.48 bits per heavy atom. The third kappa shape index (κ3) is 3.65. The van der Waals surface area contributed by atoms with Crippen molar-refractivity contribution in [3.63, 3.8) is 0 Å². The molecule has 1 aromatic rings. The van der Waals surface area contributed by atoms with Crippen molar-refractivity contribution >= 4 is 11.7 Å². The average Bonchev–Trinajstić information content (AvgIpc) is 2.40. The van der Waals surface area contributed by atoms with Crippen LogP contribution in [-0.2, 0) is 0 Å². The number of hydrogen-bond acceptors (Lipinski definition) is 4. The highest BCUT2D eigenvalue weighted by molar-refractivity contribution is 5.91. The smallest absolute Gasteiger partial charge is 0.341 e. The summed E-state index contributed by atoms with van der Waals surface area (Å²) >= 11 is 0. The van der Waals surface area contributed by atoms with Gasteiger partial charge in [0.2, 0.25) is 5.88 Å². The number of pyridine rings is 1. The van der Waals surface area contributed by atoms with Crippen molar-refractivity contribution in [3.05, 3.63) is 17.8 Å². The van der Waals surface area contributed by atoms with E-state index in [1.807, 2.05) is 0 Å². The number of nitrogens with two attached hydrogens (primary N) is 1. The van der Waals surface area contributed by atoms with Gasteiger partial charge in [-0.25, -0.2) is 9.78 Å². The molecule has 2 rings (SSSR count). The number of nitrogen functional groups attached to an aromatic ring is 1. The molecular weight excluding hydrogens is 268 g/mol. The number of aromatic carboxylic acids is 1. The highest BCUT2D eigenvalue weighted by atomic mass is 16.5. The van der Waals surface area contributed by atoms with Gasteiger partial charge in [0.05, 0.1) is 11.9 Å². The van der Waals surface area contributed by atoms with E-state index >= 15 is 0 Å². The van der Waals surface area contributed by atoms with Crippen LogP contribution in [0, 0.1) is 17.8 Å². The van der Waals surface area contributed by atoms with Crippen LogP contribution in [-0.4, -0.2) is 22.2 Å². The summed E-state index contributed by atoms with van der Waals surface area (Å²) in [5.74, 6) is 0.648. The number of hydrogen-bond donors (Lipinski definition) is 2. The molecule has 3 N–H and O–H groups in total. The second-order valence-electron chi connectivity index (χ2n) is 6.41. The van der Waals surface area contributed by atoms with Crippen LogP contribution < -0.4 is 10.5 Å². The minimum atomic E-state index is -1.06. The van der Waals surface area contributed by atoms with Gasteiger partial charge in [0, 0.05) is 0 Å². The maximum Gasteiger partial charge on any atom is 0.341 e. The standard InChI is InChI=1S/C16H24N2O3/c1-9(2)12-5-4-10(3)6-14(12)21-15-13(16(19)20)7-11(17)8-18-15/h7-10,12,14H,4-6,17H2,1-3H3,(H,19,20). The predicted molar refractivity (Wildman–Crippen MR) is 81.4 cm³/mol. The lowest BCUT2D eigenvalue weighted by atomic mass is 9.75.